The van der Waals surface area contributed by atoms with Crippen LogP contribution in [0.1, 0.15) is 21.5 Å². The topological polar surface area (TPSA) is 99.4 Å². The molecule has 0 bridgehead atoms. The monoisotopic (exact) mass is 458 g/mol. The number of nitrogen functional groups attached to an aromatic ring is 1. The molecule has 2 aromatic heterocycles. The summed E-state index contributed by atoms with van der Waals surface area (Å²) in [5.74, 6) is 1.50. The summed E-state index contributed by atoms with van der Waals surface area (Å²) in [5.41, 5.74) is 7.84. The summed E-state index contributed by atoms with van der Waals surface area (Å²) in [6, 6.07) is 20.2. The highest BCUT2D eigenvalue weighted by Gasteiger charge is 2.07. The maximum atomic E-state index is 13.2. The van der Waals surface area contributed by atoms with E-state index in [1.165, 1.54) is 18.3 Å². The zero-order valence-corrected chi connectivity index (χ0v) is 18.3. The molecule has 0 aliphatic rings. The molecule has 0 unspecified atom stereocenters. The van der Waals surface area contributed by atoms with Gasteiger partial charge in [0.05, 0.1) is 5.56 Å². The number of nitrogens with zero attached hydrogens (tertiary/aromatic N) is 2. The fourth-order valence-electron chi connectivity index (χ4n) is 3.17. The Balaban J connectivity index is 1.25. The van der Waals surface area contributed by atoms with Crippen LogP contribution in [0, 0.1) is 5.82 Å². The Kier molecular flexibility index (Phi) is 7.29. The Morgan fingerprint density at radius 2 is 1.76 bits per heavy atom. The standard InChI is InChI=1S/C26H23FN4O3/c27-21-3-1-2-19(14-21)17-33-22-5-7-23(8-6-22)34-25-9-4-20(16-31-25)26(32)30-13-11-18-10-12-29-24(28)15-18/h1-10,12,14-16H,11,13,17H2,(H2,28,29)(H,30,32). The minimum absolute atomic E-state index is 0.221. The van der Waals surface area contributed by atoms with Gasteiger partial charge in [-0.25, -0.2) is 14.4 Å². The number of carbonyl (C=O) groups is 1. The van der Waals surface area contributed by atoms with E-state index in [2.05, 4.69) is 15.3 Å². The summed E-state index contributed by atoms with van der Waals surface area (Å²) >= 11 is 0. The van der Waals surface area contributed by atoms with Crippen molar-refractivity contribution in [2.75, 3.05) is 12.3 Å². The molecule has 0 atom stereocenters. The van der Waals surface area contributed by atoms with Gasteiger partial charge in [0.15, 0.2) is 0 Å². The van der Waals surface area contributed by atoms with Crippen molar-refractivity contribution in [1.29, 1.82) is 0 Å². The van der Waals surface area contributed by atoms with Crippen LogP contribution in [0.25, 0.3) is 0 Å². The second-order valence-corrected chi connectivity index (χ2v) is 7.47. The first-order valence-corrected chi connectivity index (χ1v) is 10.6. The molecule has 0 fully saturated rings. The first-order valence-electron chi connectivity index (χ1n) is 10.6. The van der Waals surface area contributed by atoms with Crippen LogP contribution < -0.4 is 20.5 Å². The number of nitrogens with one attached hydrogen (secondary N) is 1. The minimum Gasteiger partial charge on any atom is -0.489 e. The Morgan fingerprint density at radius 1 is 0.941 bits per heavy atom. The summed E-state index contributed by atoms with van der Waals surface area (Å²) in [6.07, 6.45) is 3.75. The number of carbonyl (C=O) groups excluding carboxylic acids is 1. The molecule has 34 heavy (non-hydrogen) atoms. The van der Waals surface area contributed by atoms with Crippen LogP contribution in [0.15, 0.2) is 85.2 Å². The average molecular weight is 458 g/mol. The molecular weight excluding hydrogens is 435 g/mol. The Hall–Kier alpha value is -4.46. The maximum absolute atomic E-state index is 13.2. The van der Waals surface area contributed by atoms with Crippen LogP contribution in [0.3, 0.4) is 0 Å². The normalized spacial score (nSPS) is 10.5. The number of anilines is 1. The molecule has 0 aliphatic heterocycles. The predicted octanol–water partition coefficient (Wildman–Crippen LogP) is 4.54. The van der Waals surface area contributed by atoms with Crippen LogP contribution >= 0.6 is 0 Å². The van der Waals surface area contributed by atoms with Crippen LogP contribution in [-0.4, -0.2) is 22.4 Å². The van der Waals surface area contributed by atoms with Crippen molar-refractivity contribution in [3.05, 3.63) is 108 Å². The molecule has 4 rings (SSSR count). The SMILES string of the molecule is Nc1cc(CCNC(=O)c2ccc(Oc3ccc(OCc4cccc(F)c4)cc3)nc2)ccn1. The molecule has 2 heterocycles. The Morgan fingerprint density at radius 3 is 2.50 bits per heavy atom. The number of aromatic nitrogens is 2. The molecule has 2 aromatic carbocycles. The summed E-state index contributed by atoms with van der Waals surface area (Å²) in [5, 5.41) is 2.85. The quantitative estimate of drug-likeness (QED) is 0.382. The molecule has 1 amide bonds. The second-order valence-electron chi connectivity index (χ2n) is 7.47. The van der Waals surface area contributed by atoms with Gasteiger partial charge in [0.2, 0.25) is 5.88 Å². The lowest BCUT2D eigenvalue weighted by Crippen LogP contribution is -2.25. The summed E-state index contributed by atoms with van der Waals surface area (Å²) < 4.78 is 24.6. The van der Waals surface area contributed by atoms with E-state index in [1.54, 1.807) is 60.8 Å². The third-order valence-electron chi connectivity index (χ3n) is 4.88. The molecule has 0 saturated heterocycles. The highest BCUT2D eigenvalue weighted by atomic mass is 19.1. The number of halogens is 1. The molecule has 8 heteroatoms. The number of nitrogens with two attached hydrogens (primary N) is 1. The number of benzene rings is 2. The number of hydrogen-bond donors (Lipinski definition) is 2. The number of rotatable bonds is 9. The zero-order chi connectivity index (χ0) is 23.8. The molecule has 172 valence electrons. The van der Waals surface area contributed by atoms with Gasteiger partial charge in [-0.2, -0.15) is 0 Å². The van der Waals surface area contributed by atoms with Gasteiger partial charge in [0.25, 0.3) is 5.91 Å². The molecular formula is C26H23FN4O3. The van der Waals surface area contributed by atoms with Crippen molar-refractivity contribution in [3.8, 4) is 17.4 Å². The van der Waals surface area contributed by atoms with Crippen LogP contribution in [-0.2, 0) is 13.0 Å². The number of hydrogen-bond acceptors (Lipinski definition) is 6. The fourth-order valence-corrected chi connectivity index (χ4v) is 3.17. The van der Waals surface area contributed by atoms with Crippen molar-refractivity contribution in [2.24, 2.45) is 0 Å². The van der Waals surface area contributed by atoms with Gasteiger partial charge in [-0.15, -0.1) is 0 Å². The van der Waals surface area contributed by atoms with E-state index in [1.807, 2.05) is 6.07 Å². The number of ether oxygens (including phenoxy) is 2. The van der Waals surface area contributed by atoms with Gasteiger partial charge in [-0.1, -0.05) is 12.1 Å². The summed E-state index contributed by atoms with van der Waals surface area (Å²) in [7, 11) is 0. The third kappa shape index (κ3) is 6.52. The van der Waals surface area contributed by atoms with Crippen molar-refractivity contribution in [2.45, 2.75) is 13.0 Å². The summed E-state index contributed by atoms with van der Waals surface area (Å²) in [4.78, 5) is 20.5. The van der Waals surface area contributed by atoms with Gasteiger partial charge >= 0.3 is 0 Å². The van der Waals surface area contributed by atoms with Gasteiger partial charge in [0, 0.05) is 25.0 Å². The molecule has 3 N–H and O–H groups in total. The molecule has 0 spiro atoms. The Labute approximate surface area is 196 Å². The van der Waals surface area contributed by atoms with Crippen LogP contribution in [0.4, 0.5) is 10.2 Å². The maximum Gasteiger partial charge on any atom is 0.252 e. The first-order chi connectivity index (χ1) is 16.5. The van der Waals surface area contributed by atoms with Crippen molar-refractivity contribution >= 4 is 11.7 Å². The predicted molar refractivity (Wildman–Crippen MR) is 126 cm³/mol. The molecule has 7 nitrogen and oxygen atoms in total. The molecule has 0 radical (unpaired) electrons. The van der Waals surface area contributed by atoms with Crippen molar-refractivity contribution in [1.82, 2.24) is 15.3 Å². The number of amides is 1. The van der Waals surface area contributed by atoms with E-state index in [0.29, 0.717) is 41.7 Å². The fraction of sp³-hybridized carbons (Fsp3) is 0.115. The van der Waals surface area contributed by atoms with Crippen molar-refractivity contribution < 1.29 is 18.7 Å². The van der Waals surface area contributed by atoms with E-state index < -0.39 is 0 Å². The van der Waals surface area contributed by atoms with Gasteiger partial charge in [-0.3, -0.25) is 4.79 Å². The largest absolute Gasteiger partial charge is 0.489 e. The third-order valence-corrected chi connectivity index (χ3v) is 4.88. The minimum atomic E-state index is -0.295. The lowest BCUT2D eigenvalue weighted by molar-refractivity contribution is 0.0953. The molecule has 0 saturated carbocycles. The Bertz CT molecular complexity index is 1250. The lowest BCUT2D eigenvalue weighted by Gasteiger charge is -2.09. The highest BCUT2D eigenvalue weighted by molar-refractivity contribution is 5.93. The summed E-state index contributed by atoms with van der Waals surface area (Å²) in [6.45, 7) is 0.730. The van der Waals surface area contributed by atoms with E-state index >= 15 is 0 Å². The van der Waals surface area contributed by atoms with E-state index in [9.17, 15) is 9.18 Å². The lowest BCUT2D eigenvalue weighted by atomic mass is 10.2. The molecule has 4 aromatic rings. The first kappa shape index (κ1) is 22.7. The second kappa shape index (κ2) is 10.9. The zero-order valence-electron chi connectivity index (χ0n) is 18.3. The van der Waals surface area contributed by atoms with E-state index in [-0.39, 0.29) is 18.3 Å². The van der Waals surface area contributed by atoms with Crippen LogP contribution in [0.2, 0.25) is 0 Å². The van der Waals surface area contributed by atoms with Gasteiger partial charge < -0.3 is 20.5 Å². The van der Waals surface area contributed by atoms with Gasteiger partial charge in [0.1, 0.15) is 29.7 Å². The van der Waals surface area contributed by atoms with Gasteiger partial charge in [-0.05, 0) is 72.1 Å². The number of pyridine rings is 2. The highest BCUT2D eigenvalue weighted by Crippen LogP contribution is 2.23. The van der Waals surface area contributed by atoms with Crippen LogP contribution in [0.5, 0.6) is 17.4 Å². The van der Waals surface area contributed by atoms with E-state index in [4.69, 9.17) is 15.2 Å². The van der Waals surface area contributed by atoms with Crippen molar-refractivity contribution in [3.63, 3.8) is 0 Å². The average Bonchev–Trinajstić information content (AvgIpc) is 2.84. The molecule has 0 aliphatic carbocycles. The smallest absolute Gasteiger partial charge is 0.252 e. The van der Waals surface area contributed by atoms with E-state index in [0.717, 1.165) is 11.1 Å².